The molecular formula is C4HCl5N2. The van der Waals surface area contributed by atoms with Gasteiger partial charge in [-0.2, -0.15) is 0 Å². The van der Waals surface area contributed by atoms with Crippen molar-refractivity contribution in [2.75, 3.05) is 0 Å². The van der Waals surface area contributed by atoms with Gasteiger partial charge < -0.3 is 0 Å². The quantitative estimate of drug-likeness (QED) is 0.368. The molecule has 1 aliphatic rings. The molecule has 2 nitrogen and oxygen atoms in total. The second kappa shape index (κ2) is 3.58. The fraction of sp³-hybridized carbons (Fsp3) is 0.250. The first-order chi connectivity index (χ1) is 5.04. The molecule has 1 heterocycles. The van der Waals surface area contributed by atoms with E-state index in [1.165, 1.54) is 0 Å². The van der Waals surface area contributed by atoms with E-state index >= 15 is 0 Å². The van der Waals surface area contributed by atoms with E-state index in [1.54, 1.807) is 0 Å². The van der Waals surface area contributed by atoms with Crippen LogP contribution in [-0.2, 0) is 0 Å². The first kappa shape index (κ1) is 9.75. The van der Waals surface area contributed by atoms with Crippen molar-refractivity contribution in [1.29, 1.82) is 0 Å². The third kappa shape index (κ3) is 1.87. The van der Waals surface area contributed by atoms with Gasteiger partial charge in [-0.15, -0.1) is 0 Å². The zero-order valence-electron chi connectivity index (χ0n) is 4.86. The van der Waals surface area contributed by atoms with Crippen molar-refractivity contribution in [1.82, 2.24) is 4.42 Å². The first-order valence-electron chi connectivity index (χ1n) is 2.42. The van der Waals surface area contributed by atoms with Crippen LogP contribution in [0.15, 0.2) is 15.2 Å². The average molecular weight is 254 g/mol. The van der Waals surface area contributed by atoms with Crippen LogP contribution in [0.2, 0.25) is 0 Å². The van der Waals surface area contributed by atoms with Crippen molar-refractivity contribution in [3.63, 3.8) is 0 Å². The van der Waals surface area contributed by atoms with Gasteiger partial charge in [0.15, 0.2) is 0 Å². The summed E-state index contributed by atoms with van der Waals surface area (Å²) in [7, 11) is 0. The lowest BCUT2D eigenvalue weighted by atomic mass is 10.6. The summed E-state index contributed by atoms with van der Waals surface area (Å²) in [6.45, 7) is 0. The Morgan fingerprint density at radius 1 is 1.27 bits per heavy atom. The van der Waals surface area contributed by atoms with Gasteiger partial charge in [-0.05, 0) is 0 Å². The second-order valence-electron chi connectivity index (χ2n) is 1.65. The molecule has 0 aromatic heterocycles. The normalized spacial score (nSPS) is 25.7. The summed E-state index contributed by atoms with van der Waals surface area (Å²) < 4.78 is 0.983. The third-order valence-electron chi connectivity index (χ3n) is 0.957. The van der Waals surface area contributed by atoms with E-state index in [9.17, 15) is 0 Å². The van der Waals surface area contributed by atoms with E-state index < -0.39 is 5.62 Å². The van der Waals surface area contributed by atoms with Crippen molar-refractivity contribution in [3.05, 3.63) is 10.2 Å². The van der Waals surface area contributed by atoms with Crippen LogP contribution in [-0.4, -0.2) is 15.2 Å². The summed E-state index contributed by atoms with van der Waals surface area (Å²) in [5.74, 6) is 0. The number of hydrogen-bond acceptors (Lipinski definition) is 2. The van der Waals surface area contributed by atoms with Gasteiger partial charge in [-0.3, -0.25) is 0 Å². The molecule has 0 fully saturated rings. The predicted molar refractivity (Wildman–Crippen MR) is 49.4 cm³/mol. The lowest BCUT2D eigenvalue weighted by molar-refractivity contribution is 0.548. The maximum Gasteiger partial charge on any atom is 0.213 e. The number of nitrogens with zero attached hydrogens (tertiary/aromatic N) is 2. The minimum absolute atomic E-state index is 0.0635. The highest BCUT2D eigenvalue weighted by molar-refractivity contribution is 6.77. The van der Waals surface area contributed by atoms with Crippen LogP contribution in [0.4, 0.5) is 0 Å². The number of hydrogen-bond donors (Lipinski definition) is 0. The Morgan fingerprint density at radius 2 is 1.82 bits per heavy atom. The lowest BCUT2D eigenvalue weighted by Crippen LogP contribution is -2.23. The van der Waals surface area contributed by atoms with Crippen molar-refractivity contribution >= 4 is 63.4 Å². The van der Waals surface area contributed by atoms with Crippen molar-refractivity contribution in [3.8, 4) is 0 Å². The summed E-state index contributed by atoms with van der Waals surface area (Å²) in [6.07, 6.45) is 0. The molecule has 62 valence electrons. The van der Waals surface area contributed by atoms with Gasteiger partial charge >= 0.3 is 0 Å². The fourth-order valence-corrected chi connectivity index (χ4v) is 1.49. The van der Waals surface area contributed by atoms with Crippen molar-refractivity contribution in [2.24, 2.45) is 4.99 Å². The molecule has 1 unspecified atom stereocenters. The Hall–Kier alpha value is 0.660. The molecular weight excluding hydrogens is 253 g/mol. The highest BCUT2D eigenvalue weighted by atomic mass is 35.5. The molecule has 11 heavy (non-hydrogen) atoms. The molecule has 0 amide bonds. The van der Waals surface area contributed by atoms with Gasteiger partial charge in [0.05, 0.1) is 0 Å². The zero-order chi connectivity index (χ0) is 8.59. The minimum Gasteiger partial charge on any atom is -0.235 e. The highest BCUT2D eigenvalue weighted by Crippen LogP contribution is 2.31. The molecule has 1 rings (SSSR count). The summed E-state index contributed by atoms with van der Waals surface area (Å²) >= 11 is 27.8. The predicted octanol–water partition coefficient (Wildman–Crippen LogP) is 3.26. The summed E-state index contributed by atoms with van der Waals surface area (Å²) in [6, 6.07) is 0. The molecule has 1 atom stereocenters. The molecule has 0 N–H and O–H groups in total. The maximum absolute atomic E-state index is 5.60. The van der Waals surface area contributed by atoms with Gasteiger partial charge in [-0.25, -0.2) is 9.41 Å². The average Bonchev–Trinajstić information content (AvgIpc) is 1.97. The third-order valence-corrected chi connectivity index (χ3v) is 3.00. The van der Waals surface area contributed by atoms with Crippen LogP contribution < -0.4 is 0 Å². The van der Waals surface area contributed by atoms with Crippen LogP contribution in [0.1, 0.15) is 0 Å². The molecule has 7 heteroatoms. The van der Waals surface area contributed by atoms with Crippen LogP contribution in [0.5, 0.6) is 0 Å². The Bertz CT molecular complexity index is 235. The van der Waals surface area contributed by atoms with E-state index in [0.717, 1.165) is 4.42 Å². The molecule has 0 aromatic carbocycles. The Morgan fingerprint density at radius 3 is 2.36 bits per heavy atom. The minimum atomic E-state index is -0.806. The van der Waals surface area contributed by atoms with Gasteiger partial charge in [0, 0.05) is 11.8 Å². The van der Waals surface area contributed by atoms with Gasteiger partial charge in [-0.1, -0.05) is 46.4 Å². The summed E-state index contributed by atoms with van der Waals surface area (Å²) in [5, 5.41) is 0.238. The zero-order valence-corrected chi connectivity index (χ0v) is 8.64. The molecule has 0 saturated carbocycles. The fourth-order valence-electron chi connectivity index (χ4n) is 0.473. The lowest BCUT2D eigenvalue weighted by Gasteiger charge is -2.22. The van der Waals surface area contributed by atoms with E-state index in [1.807, 2.05) is 0 Å². The number of rotatable bonds is 0. The molecule has 1 aliphatic heterocycles. The Kier molecular flexibility index (Phi) is 3.18. The van der Waals surface area contributed by atoms with Crippen molar-refractivity contribution < 1.29 is 0 Å². The standard InChI is InChI=1S/C4HCl5N2/c5-1-2(6)10-4(8)11(9)3(1)7/h4H. The highest BCUT2D eigenvalue weighted by Gasteiger charge is 2.25. The van der Waals surface area contributed by atoms with Crippen molar-refractivity contribution in [2.45, 2.75) is 5.62 Å². The smallest absolute Gasteiger partial charge is 0.213 e. The van der Waals surface area contributed by atoms with Crippen LogP contribution in [0, 0.1) is 0 Å². The summed E-state index contributed by atoms with van der Waals surface area (Å²) in [5.41, 5.74) is -0.806. The number of aliphatic imine (C=N–C) groups is 1. The number of allylic oxidation sites excluding steroid dienone is 1. The van der Waals surface area contributed by atoms with E-state index in [0.29, 0.717) is 0 Å². The largest absolute Gasteiger partial charge is 0.235 e. The molecule has 0 aliphatic carbocycles. The van der Waals surface area contributed by atoms with Crippen LogP contribution in [0.25, 0.3) is 0 Å². The van der Waals surface area contributed by atoms with Gasteiger partial charge in [0.2, 0.25) is 5.62 Å². The second-order valence-corrected chi connectivity index (χ2v) is 3.50. The monoisotopic (exact) mass is 252 g/mol. The topological polar surface area (TPSA) is 15.6 Å². The van der Waals surface area contributed by atoms with E-state index in [2.05, 4.69) is 4.99 Å². The Labute approximate surface area is 88.4 Å². The van der Waals surface area contributed by atoms with Gasteiger partial charge in [0.1, 0.15) is 15.4 Å². The molecule has 0 saturated heterocycles. The Balaban J connectivity index is 3.02. The van der Waals surface area contributed by atoms with Crippen LogP contribution >= 0.6 is 58.2 Å². The molecule has 0 bridgehead atoms. The molecule has 0 spiro atoms. The van der Waals surface area contributed by atoms with Gasteiger partial charge in [0.25, 0.3) is 0 Å². The van der Waals surface area contributed by atoms with Crippen LogP contribution in [0.3, 0.4) is 0 Å². The van der Waals surface area contributed by atoms with E-state index in [4.69, 9.17) is 58.2 Å². The molecule has 0 aromatic rings. The van der Waals surface area contributed by atoms with E-state index in [-0.39, 0.29) is 15.4 Å². The number of halogens is 5. The summed E-state index contributed by atoms with van der Waals surface area (Å²) in [4.78, 5) is 3.66. The molecule has 0 radical (unpaired) electrons. The maximum atomic E-state index is 5.60. The SMILES string of the molecule is ClC1=NC(Cl)N(Cl)C(Cl)=C1Cl. The first-order valence-corrected chi connectivity index (χ1v) is 4.33. The number of alkyl halides is 1.